The highest BCUT2D eigenvalue weighted by Gasteiger charge is 2.29. The highest BCUT2D eigenvalue weighted by atomic mass is 16.6. The van der Waals surface area contributed by atoms with E-state index in [0.29, 0.717) is 23.7 Å². The topological polar surface area (TPSA) is 96.2 Å². The Hall–Kier alpha value is -2.13. The van der Waals surface area contributed by atoms with Crippen LogP contribution in [0.2, 0.25) is 0 Å². The van der Waals surface area contributed by atoms with Gasteiger partial charge in [-0.05, 0) is 31.4 Å². The van der Waals surface area contributed by atoms with Gasteiger partial charge in [0.1, 0.15) is 5.69 Å². The quantitative estimate of drug-likeness (QED) is 0.658. The number of benzene rings is 1. The lowest BCUT2D eigenvalue weighted by Gasteiger charge is -2.20. The lowest BCUT2D eigenvalue weighted by Crippen LogP contribution is -2.29. The predicted octanol–water partition coefficient (Wildman–Crippen LogP) is 1.64. The molecule has 0 radical (unpaired) electrons. The fraction of sp³-hybridized carbons (Fsp3) is 0.462. The van der Waals surface area contributed by atoms with Gasteiger partial charge in [-0.25, -0.2) is 0 Å². The van der Waals surface area contributed by atoms with E-state index in [1.165, 1.54) is 12.1 Å². The van der Waals surface area contributed by atoms with E-state index in [9.17, 15) is 10.1 Å². The van der Waals surface area contributed by atoms with E-state index >= 15 is 0 Å². The molecule has 2 unspecified atom stereocenters. The van der Waals surface area contributed by atoms with Crippen molar-refractivity contribution in [2.75, 3.05) is 18.0 Å². The highest BCUT2D eigenvalue weighted by Crippen LogP contribution is 2.33. The summed E-state index contributed by atoms with van der Waals surface area (Å²) in [6.07, 6.45) is 0.922. The zero-order valence-electron chi connectivity index (χ0n) is 10.7. The predicted molar refractivity (Wildman–Crippen MR) is 71.8 cm³/mol. The molecule has 1 aromatic carbocycles. The summed E-state index contributed by atoms with van der Waals surface area (Å²) in [6.45, 7) is 3.39. The van der Waals surface area contributed by atoms with E-state index in [2.05, 4.69) is 0 Å². The van der Waals surface area contributed by atoms with Gasteiger partial charge in [-0.2, -0.15) is 5.26 Å². The number of hydrogen-bond acceptors (Lipinski definition) is 5. The summed E-state index contributed by atoms with van der Waals surface area (Å²) in [7, 11) is 0. The van der Waals surface area contributed by atoms with Crippen molar-refractivity contribution in [2.24, 2.45) is 11.7 Å². The van der Waals surface area contributed by atoms with E-state index < -0.39 is 4.92 Å². The number of nitro groups is 1. The summed E-state index contributed by atoms with van der Waals surface area (Å²) < 4.78 is 0. The Balaban J connectivity index is 2.33. The number of hydrogen-bond donors (Lipinski definition) is 1. The van der Waals surface area contributed by atoms with E-state index in [1.807, 2.05) is 17.9 Å². The van der Waals surface area contributed by atoms with Gasteiger partial charge in [-0.15, -0.1) is 0 Å². The molecule has 1 aliphatic rings. The first-order valence-corrected chi connectivity index (χ1v) is 6.22. The van der Waals surface area contributed by atoms with Gasteiger partial charge in [-0.1, -0.05) is 0 Å². The number of anilines is 1. The molecule has 1 fully saturated rings. The zero-order valence-corrected chi connectivity index (χ0v) is 10.7. The maximum absolute atomic E-state index is 11.1. The second-order valence-corrected chi connectivity index (χ2v) is 4.93. The molecule has 0 aliphatic carbocycles. The number of nitrogens with two attached hydrogens (primary N) is 1. The van der Waals surface area contributed by atoms with E-state index in [-0.39, 0.29) is 11.7 Å². The largest absolute Gasteiger partial charge is 0.366 e. The van der Waals surface area contributed by atoms with Crippen LogP contribution in [0.5, 0.6) is 0 Å². The van der Waals surface area contributed by atoms with Gasteiger partial charge in [0.2, 0.25) is 0 Å². The van der Waals surface area contributed by atoms with Crippen molar-refractivity contribution >= 4 is 11.4 Å². The van der Waals surface area contributed by atoms with Gasteiger partial charge in [-0.3, -0.25) is 10.1 Å². The molecule has 0 aromatic heterocycles. The minimum absolute atomic E-state index is 0.0457. The first-order chi connectivity index (χ1) is 9.02. The van der Waals surface area contributed by atoms with Crippen LogP contribution in [0.3, 0.4) is 0 Å². The molecule has 100 valence electrons. The summed E-state index contributed by atoms with van der Waals surface area (Å²) in [5.41, 5.74) is 6.88. The molecule has 2 atom stereocenters. The van der Waals surface area contributed by atoms with Crippen LogP contribution < -0.4 is 10.6 Å². The molecular formula is C13H16N4O2. The highest BCUT2D eigenvalue weighted by molar-refractivity contribution is 5.66. The van der Waals surface area contributed by atoms with Crippen LogP contribution >= 0.6 is 0 Å². The summed E-state index contributed by atoms with van der Waals surface area (Å²) >= 11 is 0. The molecule has 6 nitrogen and oxygen atoms in total. The van der Waals surface area contributed by atoms with Gasteiger partial charge in [0.15, 0.2) is 0 Å². The van der Waals surface area contributed by atoms with Gasteiger partial charge < -0.3 is 10.6 Å². The third-order valence-electron chi connectivity index (χ3n) is 3.61. The Morgan fingerprint density at radius 2 is 2.37 bits per heavy atom. The normalized spacial score (nSPS) is 20.1. The molecule has 2 rings (SSSR count). The third-order valence-corrected chi connectivity index (χ3v) is 3.61. The van der Waals surface area contributed by atoms with Crippen LogP contribution in [0.15, 0.2) is 18.2 Å². The molecule has 0 saturated carbocycles. The average molecular weight is 260 g/mol. The fourth-order valence-electron chi connectivity index (χ4n) is 2.44. The van der Waals surface area contributed by atoms with Crippen molar-refractivity contribution in [1.29, 1.82) is 5.26 Å². The summed E-state index contributed by atoms with van der Waals surface area (Å²) in [4.78, 5) is 12.6. The smallest absolute Gasteiger partial charge is 0.292 e. The molecule has 0 amide bonds. The van der Waals surface area contributed by atoms with Crippen molar-refractivity contribution in [1.82, 2.24) is 0 Å². The summed E-state index contributed by atoms with van der Waals surface area (Å²) in [5.74, 6) is 0.338. The minimum atomic E-state index is -0.407. The van der Waals surface area contributed by atoms with Crippen LogP contribution in [0.1, 0.15) is 18.9 Å². The lowest BCUT2D eigenvalue weighted by atomic mass is 10.0. The molecule has 0 bridgehead atoms. The molecule has 6 heteroatoms. The first kappa shape index (κ1) is 13.3. The Bertz CT molecular complexity index is 536. The van der Waals surface area contributed by atoms with E-state index in [4.69, 9.17) is 11.0 Å². The molecule has 19 heavy (non-hydrogen) atoms. The van der Waals surface area contributed by atoms with Crippen LogP contribution in [0.4, 0.5) is 11.4 Å². The number of nitriles is 1. The van der Waals surface area contributed by atoms with Gasteiger partial charge in [0.05, 0.1) is 16.6 Å². The number of nitrogens with zero attached hydrogens (tertiary/aromatic N) is 3. The van der Waals surface area contributed by atoms with Crippen molar-refractivity contribution < 1.29 is 4.92 Å². The standard InChI is InChI=1S/C13H16N4O2/c1-9(15)11-4-5-16(8-11)13-6-10(7-14)2-3-12(13)17(18)19/h2-3,6,9,11H,4-5,8,15H2,1H3. The number of rotatable bonds is 3. The van der Waals surface area contributed by atoms with Crippen molar-refractivity contribution in [3.05, 3.63) is 33.9 Å². The molecular weight excluding hydrogens is 244 g/mol. The van der Waals surface area contributed by atoms with Crippen LogP contribution in [0.25, 0.3) is 0 Å². The van der Waals surface area contributed by atoms with Gasteiger partial charge >= 0.3 is 0 Å². The van der Waals surface area contributed by atoms with E-state index in [0.717, 1.165) is 13.0 Å². The molecule has 1 heterocycles. The monoisotopic (exact) mass is 260 g/mol. The van der Waals surface area contributed by atoms with E-state index in [1.54, 1.807) is 6.07 Å². The maximum atomic E-state index is 11.1. The van der Waals surface area contributed by atoms with Crippen molar-refractivity contribution in [3.63, 3.8) is 0 Å². The Labute approximate surface area is 111 Å². The fourth-order valence-corrected chi connectivity index (χ4v) is 2.44. The van der Waals surface area contributed by atoms with Gasteiger partial charge in [0.25, 0.3) is 5.69 Å². The van der Waals surface area contributed by atoms with Crippen molar-refractivity contribution in [2.45, 2.75) is 19.4 Å². The average Bonchev–Trinajstić information content (AvgIpc) is 2.87. The van der Waals surface area contributed by atoms with Crippen LogP contribution in [-0.4, -0.2) is 24.1 Å². The Kier molecular flexibility index (Phi) is 3.67. The lowest BCUT2D eigenvalue weighted by molar-refractivity contribution is -0.384. The molecule has 1 aromatic rings. The van der Waals surface area contributed by atoms with Gasteiger partial charge in [0, 0.05) is 25.2 Å². The first-order valence-electron chi connectivity index (χ1n) is 6.22. The summed E-state index contributed by atoms with van der Waals surface area (Å²) in [6, 6.07) is 6.54. The molecule has 0 spiro atoms. The third kappa shape index (κ3) is 2.66. The van der Waals surface area contributed by atoms with Crippen molar-refractivity contribution in [3.8, 4) is 6.07 Å². The molecule has 2 N–H and O–H groups in total. The molecule has 1 aliphatic heterocycles. The maximum Gasteiger partial charge on any atom is 0.292 e. The van der Waals surface area contributed by atoms with Crippen LogP contribution in [0, 0.1) is 27.4 Å². The summed E-state index contributed by atoms with van der Waals surface area (Å²) in [5, 5.41) is 20.0. The second-order valence-electron chi connectivity index (χ2n) is 4.93. The zero-order chi connectivity index (χ0) is 14.0. The SMILES string of the molecule is CC(N)C1CCN(c2cc(C#N)ccc2[N+](=O)[O-])C1. The Morgan fingerprint density at radius 1 is 1.63 bits per heavy atom. The molecule has 1 saturated heterocycles. The number of nitro benzene ring substituents is 1. The second kappa shape index (κ2) is 5.24. The Morgan fingerprint density at radius 3 is 2.89 bits per heavy atom. The minimum Gasteiger partial charge on any atom is -0.366 e. The van der Waals surface area contributed by atoms with Crippen LogP contribution in [-0.2, 0) is 0 Å².